The SMILES string of the molecule is CCOc1cc(C)ccc1OCCN[C@H](C)Cc1cc(C(N)=O)c2c(ccn2CCCO)c1. The van der Waals surface area contributed by atoms with Crippen molar-refractivity contribution in [1.82, 2.24) is 9.88 Å². The summed E-state index contributed by atoms with van der Waals surface area (Å²) in [5.41, 5.74) is 9.22. The standard InChI is InChI=1S/C26H35N3O4/c1-4-32-24-14-18(2)6-7-23(24)33-13-9-28-19(3)15-20-16-21-8-11-29(10-5-12-30)25(21)22(17-20)26(27)31/h6-8,11,14,16-17,19,28,30H,4-5,9-10,12-13,15H2,1-3H3,(H2,27,31)/t19-/m1/s1. The maximum absolute atomic E-state index is 12.1. The smallest absolute Gasteiger partial charge is 0.250 e. The number of aryl methyl sites for hydroxylation is 2. The molecule has 3 rings (SSSR count). The fraction of sp³-hybridized carbons (Fsp3) is 0.423. The molecule has 7 nitrogen and oxygen atoms in total. The number of rotatable bonds is 13. The van der Waals surface area contributed by atoms with Gasteiger partial charge in [0.25, 0.3) is 5.91 Å². The van der Waals surface area contributed by atoms with Crippen molar-refractivity contribution < 1.29 is 19.4 Å². The van der Waals surface area contributed by atoms with Crippen LogP contribution >= 0.6 is 0 Å². The van der Waals surface area contributed by atoms with Crippen molar-refractivity contribution in [3.63, 3.8) is 0 Å². The van der Waals surface area contributed by atoms with Gasteiger partial charge in [-0.2, -0.15) is 0 Å². The highest BCUT2D eigenvalue weighted by Crippen LogP contribution is 2.28. The number of aromatic nitrogens is 1. The number of fused-ring (bicyclic) bond motifs is 1. The maximum atomic E-state index is 12.1. The van der Waals surface area contributed by atoms with Crippen molar-refractivity contribution in [2.45, 2.75) is 46.2 Å². The molecule has 0 radical (unpaired) electrons. The summed E-state index contributed by atoms with van der Waals surface area (Å²) in [4.78, 5) is 12.1. The average molecular weight is 454 g/mol. The van der Waals surface area contributed by atoms with Crippen molar-refractivity contribution >= 4 is 16.8 Å². The average Bonchev–Trinajstić information content (AvgIpc) is 3.18. The number of hydrogen-bond acceptors (Lipinski definition) is 5. The number of nitrogens with one attached hydrogen (secondary N) is 1. The molecule has 0 fully saturated rings. The molecule has 0 unspecified atom stereocenters. The molecule has 0 aliphatic heterocycles. The van der Waals surface area contributed by atoms with Gasteiger partial charge in [0.05, 0.1) is 17.7 Å². The van der Waals surface area contributed by atoms with Crippen molar-refractivity contribution in [3.8, 4) is 11.5 Å². The number of aliphatic hydroxyl groups excluding tert-OH is 1. The van der Waals surface area contributed by atoms with E-state index in [1.807, 2.05) is 54.9 Å². The Kier molecular flexibility index (Phi) is 8.74. The van der Waals surface area contributed by atoms with Crippen LogP contribution in [0.1, 0.15) is 41.8 Å². The van der Waals surface area contributed by atoms with Crippen LogP contribution in [0.5, 0.6) is 11.5 Å². The highest BCUT2D eigenvalue weighted by atomic mass is 16.5. The first kappa shape index (κ1) is 24.6. The van der Waals surface area contributed by atoms with Crippen LogP contribution in [0.3, 0.4) is 0 Å². The zero-order valence-corrected chi connectivity index (χ0v) is 19.8. The number of ether oxygens (including phenoxy) is 2. The normalized spacial score (nSPS) is 12.1. The summed E-state index contributed by atoms with van der Waals surface area (Å²) in [7, 11) is 0. The third kappa shape index (κ3) is 6.49. The van der Waals surface area contributed by atoms with Crippen LogP contribution in [-0.2, 0) is 13.0 Å². The zero-order valence-electron chi connectivity index (χ0n) is 19.8. The minimum atomic E-state index is -0.442. The number of primary amides is 1. The van der Waals surface area contributed by atoms with E-state index in [0.717, 1.165) is 39.9 Å². The molecular weight excluding hydrogens is 418 g/mol. The Morgan fingerprint density at radius 3 is 2.73 bits per heavy atom. The van der Waals surface area contributed by atoms with E-state index >= 15 is 0 Å². The summed E-state index contributed by atoms with van der Waals surface area (Å²) in [6, 6.07) is 12.1. The number of carbonyl (C=O) groups excluding carboxylic acids is 1. The van der Waals surface area contributed by atoms with Crippen molar-refractivity contribution in [2.75, 3.05) is 26.4 Å². The Balaban J connectivity index is 1.60. The number of hydrogen-bond donors (Lipinski definition) is 3. The van der Waals surface area contributed by atoms with Gasteiger partial charge in [0.2, 0.25) is 0 Å². The molecule has 0 aliphatic rings. The summed E-state index contributed by atoms with van der Waals surface area (Å²) < 4.78 is 13.6. The molecule has 1 atom stereocenters. The summed E-state index contributed by atoms with van der Waals surface area (Å²) in [5.74, 6) is 1.07. The third-order valence-electron chi connectivity index (χ3n) is 5.54. The number of benzene rings is 2. The third-order valence-corrected chi connectivity index (χ3v) is 5.54. The molecule has 0 saturated heterocycles. The van der Waals surface area contributed by atoms with Crippen molar-refractivity contribution in [3.05, 3.63) is 59.3 Å². The first-order valence-electron chi connectivity index (χ1n) is 11.5. The van der Waals surface area contributed by atoms with Gasteiger partial charge in [-0.25, -0.2) is 0 Å². The van der Waals surface area contributed by atoms with Gasteiger partial charge in [-0.15, -0.1) is 0 Å². The number of aliphatic hydroxyl groups is 1. The number of nitrogens with two attached hydrogens (primary N) is 1. The molecule has 0 saturated carbocycles. The summed E-state index contributed by atoms with van der Waals surface area (Å²) in [6.45, 7) is 8.64. The van der Waals surface area contributed by atoms with E-state index < -0.39 is 5.91 Å². The van der Waals surface area contributed by atoms with Crippen LogP contribution in [-0.4, -0.2) is 48.0 Å². The van der Waals surface area contributed by atoms with Crippen LogP contribution in [0.15, 0.2) is 42.6 Å². The van der Waals surface area contributed by atoms with E-state index in [4.69, 9.17) is 20.3 Å². The highest BCUT2D eigenvalue weighted by molar-refractivity contribution is 6.05. The van der Waals surface area contributed by atoms with Crippen molar-refractivity contribution in [2.24, 2.45) is 5.73 Å². The van der Waals surface area contributed by atoms with Gasteiger partial charge in [0, 0.05) is 37.3 Å². The molecule has 7 heteroatoms. The minimum absolute atomic E-state index is 0.105. The molecule has 0 aliphatic carbocycles. The lowest BCUT2D eigenvalue weighted by Gasteiger charge is -2.17. The number of carbonyl (C=O) groups is 1. The van der Waals surface area contributed by atoms with Crippen LogP contribution in [0, 0.1) is 6.92 Å². The largest absolute Gasteiger partial charge is 0.490 e. The first-order valence-corrected chi connectivity index (χ1v) is 11.5. The van der Waals surface area contributed by atoms with Gasteiger partial charge < -0.3 is 30.2 Å². The summed E-state index contributed by atoms with van der Waals surface area (Å²) in [6.07, 6.45) is 3.32. The Labute approximate surface area is 195 Å². The molecule has 1 amide bonds. The molecule has 0 bridgehead atoms. The second-order valence-electron chi connectivity index (χ2n) is 8.32. The molecule has 0 spiro atoms. The molecule has 2 aromatic carbocycles. The van der Waals surface area contributed by atoms with E-state index in [1.54, 1.807) is 0 Å². The number of amides is 1. The van der Waals surface area contributed by atoms with Gasteiger partial charge in [-0.05, 0) is 75.1 Å². The molecule has 1 heterocycles. The predicted molar refractivity (Wildman–Crippen MR) is 131 cm³/mol. The summed E-state index contributed by atoms with van der Waals surface area (Å²) >= 11 is 0. The Morgan fingerprint density at radius 1 is 1.18 bits per heavy atom. The lowest BCUT2D eigenvalue weighted by Crippen LogP contribution is -2.32. The summed E-state index contributed by atoms with van der Waals surface area (Å²) in [5, 5.41) is 13.6. The molecule has 3 aromatic rings. The number of nitrogens with zero attached hydrogens (tertiary/aromatic N) is 1. The van der Waals surface area contributed by atoms with Crippen LogP contribution in [0.4, 0.5) is 0 Å². The Bertz CT molecular complexity index is 1080. The van der Waals surface area contributed by atoms with Crippen LogP contribution < -0.4 is 20.5 Å². The van der Waals surface area contributed by atoms with Gasteiger partial charge in [0.1, 0.15) is 6.61 Å². The Hall–Kier alpha value is -3.03. The zero-order chi connectivity index (χ0) is 23.8. The van der Waals surface area contributed by atoms with Crippen LogP contribution in [0.2, 0.25) is 0 Å². The molecule has 178 valence electrons. The second kappa shape index (κ2) is 11.7. The van der Waals surface area contributed by atoms with E-state index in [-0.39, 0.29) is 12.6 Å². The van der Waals surface area contributed by atoms with E-state index in [2.05, 4.69) is 18.3 Å². The molecular formula is C26H35N3O4. The molecule has 1 aromatic heterocycles. The fourth-order valence-corrected chi connectivity index (χ4v) is 4.04. The monoisotopic (exact) mass is 453 g/mol. The topological polar surface area (TPSA) is 98.7 Å². The van der Waals surface area contributed by atoms with Gasteiger partial charge in [-0.1, -0.05) is 6.07 Å². The van der Waals surface area contributed by atoms with E-state index in [9.17, 15) is 4.79 Å². The highest BCUT2D eigenvalue weighted by Gasteiger charge is 2.15. The van der Waals surface area contributed by atoms with E-state index in [0.29, 0.717) is 38.3 Å². The van der Waals surface area contributed by atoms with Gasteiger partial charge in [-0.3, -0.25) is 4.79 Å². The Morgan fingerprint density at radius 2 is 2.00 bits per heavy atom. The lowest BCUT2D eigenvalue weighted by atomic mass is 10.0. The lowest BCUT2D eigenvalue weighted by molar-refractivity contribution is 0.100. The van der Waals surface area contributed by atoms with Crippen LogP contribution in [0.25, 0.3) is 10.9 Å². The van der Waals surface area contributed by atoms with Gasteiger partial charge in [0.15, 0.2) is 11.5 Å². The first-order chi connectivity index (χ1) is 15.9. The minimum Gasteiger partial charge on any atom is -0.490 e. The molecule has 33 heavy (non-hydrogen) atoms. The molecule has 4 N–H and O–H groups in total. The van der Waals surface area contributed by atoms with Crippen molar-refractivity contribution in [1.29, 1.82) is 0 Å². The predicted octanol–water partition coefficient (Wildman–Crippen LogP) is 3.43. The second-order valence-corrected chi connectivity index (χ2v) is 8.32. The fourth-order valence-electron chi connectivity index (χ4n) is 4.04. The quantitative estimate of drug-likeness (QED) is 0.345. The van der Waals surface area contributed by atoms with Gasteiger partial charge >= 0.3 is 0 Å². The maximum Gasteiger partial charge on any atom is 0.250 e. The van der Waals surface area contributed by atoms with E-state index in [1.165, 1.54) is 0 Å².